The van der Waals surface area contributed by atoms with Crippen molar-refractivity contribution in [3.8, 4) is 11.6 Å². The zero-order chi connectivity index (χ0) is 15.0. The molecule has 0 fully saturated rings. The molecule has 0 saturated carbocycles. The number of hydrogen-bond donors (Lipinski definition) is 1. The smallest absolute Gasteiger partial charge is 0.247 e. The van der Waals surface area contributed by atoms with E-state index in [1.807, 2.05) is 11.4 Å². The molecule has 110 valence electrons. The molecule has 2 heterocycles. The summed E-state index contributed by atoms with van der Waals surface area (Å²) < 4.78 is 5.82. The number of hydrogen-bond acceptors (Lipinski definition) is 5. The number of nitrogens with zero attached hydrogens (tertiary/aromatic N) is 2. The zero-order valence-corrected chi connectivity index (χ0v) is 13.3. The van der Waals surface area contributed by atoms with E-state index in [2.05, 4.69) is 42.9 Å². The van der Waals surface area contributed by atoms with Crippen LogP contribution in [-0.2, 0) is 11.8 Å². The highest BCUT2D eigenvalue weighted by molar-refractivity contribution is 7.09. The molecule has 2 N–H and O–H groups in total. The third-order valence-corrected chi connectivity index (χ3v) is 4.29. The van der Waals surface area contributed by atoms with Gasteiger partial charge >= 0.3 is 0 Å². The van der Waals surface area contributed by atoms with E-state index in [4.69, 9.17) is 10.2 Å². The lowest BCUT2D eigenvalue weighted by Crippen LogP contribution is -2.10. The minimum Gasteiger partial charge on any atom is -0.435 e. The first-order valence-electron chi connectivity index (χ1n) is 7.03. The van der Waals surface area contributed by atoms with Gasteiger partial charge in [-0.1, -0.05) is 26.8 Å². The molecule has 2 aromatic heterocycles. The average molecular weight is 301 g/mol. The molecule has 3 aromatic rings. The molecule has 0 amide bonds. The Kier molecular flexibility index (Phi) is 3.55. The summed E-state index contributed by atoms with van der Waals surface area (Å²) in [6.07, 6.45) is 0.791. The van der Waals surface area contributed by atoms with E-state index in [0.717, 1.165) is 28.2 Å². The summed E-state index contributed by atoms with van der Waals surface area (Å²) in [6.45, 7) is 7.17. The monoisotopic (exact) mass is 301 g/mol. The predicted molar refractivity (Wildman–Crippen MR) is 86.6 cm³/mol. The molecular formula is C16H19N3OS. The first-order chi connectivity index (χ1) is 9.97. The molecule has 0 saturated heterocycles. The summed E-state index contributed by atoms with van der Waals surface area (Å²) >= 11 is 1.60. The molecule has 0 atom stereocenters. The average Bonchev–Trinajstić information content (AvgIpc) is 3.02. The van der Waals surface area contributed by atoms with Gasteiger partial charge in [-0.3, -0.25) is 0 Å². The molecule has 0 unspecified atom stereocenters. The van der Waals surface area contributed by atoms with E-state index >= 15 is 0 Å². The molecule has 3 rings (SSSR count). The fourth-order valence-electron chi connectivity index (χ4n) is 2.15. The van der Waals surface area contributed by atoms with Crippen molar-refractivity contribution in [3.05, 3.63) is 34.2 Å². The van der Waals surface area contributed by atoms with Crippen molar-refractivity contribution in [2.75, 3.05) is 6.54 Å². The summed E-state index contributed by atoms with van der Waals surface area (Å²) in [5.41, 5.74) is 9.37. The van der Waals surface area contributed by atoms with Gasteiger partial charge in [0.1, 0.15) is 11.2 Å². The van der Waals surface area contributed by atoms with Gasteiger partial charge in [0, 0.05) is 11.8 Å². The molecule has 4 nitrogen and oxygen atoms in total. The fraction of sp³-hybridized carbons (Fsp3) is 0.375. The highest BCUT2D eigenvalue weighted by Crippen LogP contribution is 2.29. The van der Waals surface area contributed by atoms with Gasteiger partial charge in [0.15, 0.2) is 5.58 Å². The molecule has 5 heteroatoms. The Morgan fingerprint density at radius 1 is 1.24 bits per heavy atom. The lowest BCUT2D eigenvalue weighted by Gasteiger charge is -2.18. The predicted octanol–water partition coefficient (Wildman–Crippen LogP) is 3.75. The standard InChI is InChI=1S/C16H19N3OS/c1-16(2,3)10-4-5-13-11(8-10)19-15(20-13)12-9-21-14(18-12)6-7-17/h4-5,8-9H,6-7,17H2,1-3H3. The van der Waals surface area contributed by atoms with Crippen LogP contribution in [0.1, 0.15) is 31.3 Å². The Morgan fingerprint density at radius 2 is 2.05 bits per heavy atom. The second-order valence-corrected chi connectivity index (χ2v) is 7.06. The van der Waals surface area contributed by atoms with Gasteiger partial charge in [0.05, 0.1) is 5.01 Å². The molecular weight excluding hydrogens is 282 g/mol. The van der Waals surface area contributed by atoms with E-state index in [-0.39, 0.29) is 5.41 Å². The number of benzene rings is 1. The van der Waals surface area contributed by atoms with Gasteiger partial charge in [0.25, 0.3) is 0 Å². The Hall–Kier alpha value is -1.72. The Morgan fingerprint density at radius 3 is 2.76 bits per heavy atom. The molecule has 0 aliphatic carbocycles. The first kappa shape index (κ1) is 14.2. The van der Waals surface area contributed by atoms with Crippen LogP contribution in [0.2, 0.25) is 0 Å². The number of aromatic nitrogens is 2. The minimum absolute atomic E-state index is 0.0994. The van der Waals surface area contributed by atoms with Crippen LogP contribution in [0, 0.1) is 0 Å². The number of thiazole rings is 1. The van der Waals surface area contributed by atoms with E-state index in [9.17, 15) is 0 Å². The zero-order valence-electron chi connectivity index (χ0n) is 12.5. The van der Waals surface area contributed by atoms with Gasteiger partial charge in [-0.05, 0) is 29.7 Å². The molecule has 0 radical (unpaired) electrons. The van der Waals surface area contributed by atoms with Crippen LogP contribution < -0.4 is 5.73 Å². The van der Waals surface area contributed by atoms with E-state index < -0.39 is 0 Å². The van der Waals surface area contributed by atoms with E-state index in [0.29, 0.717) is 12.4 Å². The number of oxazole rings is 1. The van der Waals surface area contributed by atoms with Gasteiger partial charge < -0.3 is 10.2 Å². The molecule has 1 aromatic carbocycles. The lowest BCUT2D eigenvalue weighted by atomic mass is 9.87. The summed E-state index contributed by atoms with van der Waals surface area (Å²) in [6, 6.07) is 6.17. The number of nitrogens with two attached hydrogens (primary N) is 1. The van der Waals surface area contributed by atoms with Crippen LogP contribution in [0.25, 0.3) is 22.7 Å². The summed E-state index contributed by atoms with van der Waals surface area (Å²) in [5.74, 6) is 0.579. The van der Waals surface area contributed by atoms with Crippen LogP contribution in [0.3, 0.4) is 0 Å². The van der Waals surface area contributed by atoms with Crippen molar-refractivity contribution in [3.63, 3.8) is 0 Å². The summed E-state index contributed by atoms with van der Waals surface area (Å²) in [4.78, 5) is 9.10. The van der Waals surface area contributed by atoms with Crippen molar-refractivity contribution in [1.29, 1.82) is 0 Å². The Labute approximate surface area is 128 Å². The first-order valence-corrected chi connectivity index (χ1v) is 7.91. The van der Waals surface area contributed by atoms with Crippen LogP contribution in [-0.4, -0.2) is 16.5 Å². The largest absolute Gasteiger partial charge is 0.435 e. The molecule has 0 aliphatic rings. The van der Waals surface area contributed by atoms with Crippen LogP contribution >= 0.6 is 11.3 Å². The van der Waals surface area contributed by atoms with Crippen LogP contribution in [0.4, 0.5) is 0 Å². The molecule has 21 heavy (non-hydrogen) atoms. The maximum atomic E-state index is 5.82. The van der Waals surface area contributed by atoms with Crippen molar-refractivity contribution in [2.24, 2.45) is 5.73 Å². The topological polar surface area (TPSA) is 64.9 Å². The van der Waals surface area contributed by atoms with Crippen LogP contribution in [0.5, 0.6) is 0 Å². The van der Waals surface area contributed by atoms with Gasteiger partial charge in [-0.2, -0.15) is 0 Å². The number of fused-ring (bicyclic) bond motifs is 1. The maximum Gasteiger partial charge on any atom is 0.247 e. The van der Waals surface area contributed by atoms with Crippen molar-refractivity contribution in [1.82, 2.24) is 9.97 Å². The highest BCUT2D eigenvalue weighted by Gasteiger charge is 2.17. The molecule has 0 bridgehead atoms. The Balaban J connectivity index is 2.00. The number of rotatable bonds is 3. The second-order valence-electron chi connectivity index (χ2n) is 6.12. The normalized spacial score (nSPS) is 12.2. The highest BCUT2D eigenvalue weighted by atomic mass is 32.1. The molecule has 0 spiro atoms. The second kappa shape index (κ2) is 5.24. The summed E-state index contributed by atoms with van der Waals surface area (Å²) in [7, 11) is 0. The third kappa shape index (κ3) is 2.84. The van der Waals surface area contributed by atoms with Crippen molar-refractivity contribution >= 4 is 22.4 Å². The van der Waals surface area contributed by atoms with Crippen molar-refractivity contribution < 1.29 is 4.42 Å². The Bertz CT molecular complexity index is 767. The maximum absolute atomic E-state index is 5.82. The lowest BCUT2D eigenvalue weighted by molar-refractivity contribution is 0.590. The fourth-order valence-corrected chi connectivity index (χ4v) is 2.94. The van der Waals surface area contributed by atoms with Crippen LogP contribution in [0.15, 0.2) is 28.0 Å². The van der Waals surface area contributed by atoms with Gasteiger partial charge in [0.2, 0.25) is 5.89 Å². The van der Waals surface area contributed by atoms with Gasteiger partial charge in [-0.15, -0.1) is 11.3 Å². The quantitative estimate of drug-likeness (QED) is 0.800. The minimum atomic E-state index is 0.0994. The van der Waals surface area contributed by atoms with Gasteiger partial charge in [-0.25, -0.2) is 9.97 Å². The summed E-state index contributed by atoms with van der Waals surface area (Å²) in [5, 5.41) is 2.99. The molecule has 0 aliphatic heterocycles. The van der Waals surface area contributed by atoms with E-state index in [1.165, 1.54) is 5.56 Å². The van der Waals surface area contributed by atoms with Crippen molar-refractivity contribution in [2.45, 2.75) is 32.6 Å². The van der Waals surface area contributed by atoms with E-state index in [1.54, 1.807) is 11.3 Å². The third-order valence-electron chi connectivity index (χ3n) is 3.38. The SMILES string of the molecule is CC(C)(C)c1ccc2oc(-c3csc(CCN)n3)nc2c1.